The minimum atomic E-state index is -0.0711. The third kappa shape index (κ3) is 4.29. The summed E-state index contributed by atoms with van der Waals surface area (Å²) in [6, 6.07) is 8.02. The van der Waals surface area contributed by atoms with Crippen molar-refractivity contribution in [3.8, 4) is 5.95 Å². The van der Waals surface area contributed by atoms with Crippen LogP contribution in [0.5, 0.6) is 0 Å². The number of rotatable bonds is 6. The predicted molar refractivity (Wildman–Crippen MR) is 144 cm³/mol. The van der Waals surface area contributed by atoms with Gasteiger partial charge in [0.05, 0.1) is 24.2 Å². The fourth-order valence-electron chi connectivity index (χ4n) is 5.54. The van der Waals surface area contributed by atoms with Crippen LogP contribution in [0.15, 0.2) is 24.3 Å². The van der Waals surface area contributed by atoms with Crippen molar-refractivity contribution in [1.82, 2.24) is 34.0 Å². The molecule has 5 heterocycles. The van der Waals surface area contributed by atoms with Gasteiger partial charge in [-0.1, -0.05) is 19.1 Å². The maximum atomic E-state index is 13.6. The van der Waals surface area contributed by atoms with Gasteiger partial charge in [-0.2, -0.15) is 9.97 Å². The molecular formula is C27H34N8O3. The quantitative estimate of drug-likeness (QED) is 0.384. The van der Waals surface area contributed by atoms with Gasteiger partial charge in [0.1, 0.15) is 5.82 Å². The zero-order valence-electron chi connectivity index (χ0n) is 22.3. The molecule has 0 N–H and O–H groups in total. The number of amides is 1. The Morgan fingerprint density at radius 1 is 1.05 bits per heavy atom. The van der Waals surface area contributed by atoms with Crippen LogP contribution in [0.25, 0.3) is 28.1 Å². The number of fused-ring (bicyclic) bond motifs is 2. The van der Waals surface area contributed by atoms with Crippen molar-refractivity contribution in [1.29, 1.82) is 0 Å². The molecule has 0 spiro atoms. The summed E-state index contributed by atoms with van der Waals surface area (Å²) in [5.41, 5.74) is 3.12. The number of imidazole rings is 2. The maximum Gasteiger partial charge on any atom is 0.289 e. The lowest BCUT2D eigenvalue weighted by Crippen LogP contribution is -2.40. The van der Waals surface area contributed by atoms with Crippen molar-refractivity contribution < 1.29 is 14.3 Å². The molecule has 0 radical (unpaired) electrons. The number of benzene rings is 1. The second-order valence-electron chi connectivity index (χ2n) is 10.0. The van der Waals surface area contributed by atoms with Crippen LogP contribution in [-0.4, -0.2) is 93.0 Å². The van der Waals surface area contributed by atoms with Gasteiger partial charge in [-0.25, -0.2) is 9.97 Å². The number of likely N-dealkylation sites (tertiary alicyclic amines) is 1. The molecule has 6 rings (SSSR count). The van der Waals surface area contributed by atoms with Crippen LogP contribution in [0.4, 0.5) is 5.82 Å². The lowest BCUT2D eigenvalue weighted by molar-refractivity contribution is 0.0600. The highest BCUT2D eigenvalue weighted by Gasteiger charge is 2.30. The number of carbonyl (C=O) groups excluding carboxylic acids is 1. The van der Waals surface area contributed by atoms with Gasteiger partial charge in [-0.05, 0) is 30.9 Å². The van der Waals surface area contributed by atoms with Crippen molar-refractivity contribution in [2.75, 3.05) is 58.0 Å². The van der Waals surface area contributed by atoms with E-state index in [4.69, 9.17) is 29.4 Å². The summed E-state index contributed by atoms with van der Waals surface area (Å²) in [4.78, 5) is 37.4. The second-order valence-corrected chi connectivity index (χ2v) is 10.0. The number of aromatic nitrogens is 6. The van der Waals surface area contributed by atoms with Crippen LogP contribution in [-0.2, 0) is 22.9 Å². The Bertz CT molecular complexity index is 1460. The Kier molecular flexibility index (Phi) is 6.71. The van der Waals surface area contributed by atoms with E-state index < -0.39 is 0 Å². The van der Waals surface area contributed by atoms with Gasteiger partial charge in [0.25, 0.3) is 5.91 Å². The number of piperidine rings is 1. The first-order chi connectivity index (χ1) is 18.6. The molecule has 0 bridgehead atoms. The Hall–Kier alpha value is -3.57. The number of carbonyl (C=O) groups is 1. The third-order valence-corrected chi connectivity index (χ3v) is 7.64. The van der Waals surface area contributed by atoms with E-state index in [2.05, 4.69) is 11.8 Å². The van der Waals surface area contributed by atoms with Crippen molar-refractivity contribution in [3.05, 3.63) is 35.9 Å². The van der Waals surface area contributed by atoms with Crippen LogP contribution in [0, 0.1) is 5.92 Å². The first-order valence-corrected chi connectivity index (χ1v) is 13.4. The third-order valence-electron chi connectivity index (χ3n) is 7.64. The monoisotopic (exact) mass is 518 g/mol. The maximum absolute atomic E-state index is 13.6. The van der Waals surface area contributed by atoms with Crippen molar-refractivity contribution >= 4 is 33.9 Å². The first kappa shape index (κ1) is 24.7. The fourth-order valence-corrected chi connectivity index (χ4v) is 5.54. The molecule has 2 saturated heterocycles. The van der Waals surface area contributed by atoms with Gasteiger partial charge in [-0.15, -0.1) is 0 Å². The molecule has 0 aliphatic carbocycles. The molecule has 2 fully saturated rings. The highest BCUT2D eigenvalue weighted by molar-refractivity contribution is 5.96. The highest BCUT2D eigenvalue weighted by Crippen LogP contribution is 2.29. The zero-order chi connectivity index (χ0) is 26.2. The standard InChI is InChI=1S/C27H34N8O3/c1-4-21-28-19-7-5-6-8-20(19)35(21)27-30-23-22(24(31-27)33-13-15-38-16-14-33)29-25(32(23)2)26(36)34-11-9-18(10-12-34)17-37-3/h5-8,18H,4,9-17H2,1-3H3. The van der Waals surface area contributed by atoms with Gasteiger partial charge in [0, 0.05) is 53.4 Å². The smallest absolute Gasteiger partial charge is 0.289 e. The molecule has 38 heavy (non-hydrogen) atoms. The van der Waals surface area contributed by atoms with E-state index in [1.54, 1.807) is 7.11 Å². The molecule has 3 aromatic heterocycles. The minimum absolute atomic E-state index is 0.0711. The highest BCUT2D eigenvalue weighted by atomic mass is 16.5. The summed E-state index contributed by atoms with van der Waals surface area (Å²) in [6.07, 6.45) is 2.59. The molecule has 200 valence electrons. The summed E-state index contributed by atoms with van der Waals surface area (Å²) in [6.45, 7) is 6.84. The minimum Gasteiger partial charge on any atom is -0.384 e. The average Bonchev–Trinajstić information content (AvgIpc) is 3.51. The summed E-state index contributed by atoms with van der Waals surface area (Å²) >= 11 is 0. The van der Waals surface area contributed by atoms with E-state index in [0.717, 1.165) is 48.5 Å². The largest absolute Gasteiger partial charge is 0.384 e. The normalized spacial score (nSPS) is 17.1. The molecule has 0 atom stereocenters. The number of ether oxygens (including phenoxy) is 2. The first-order valence-electron chi connectivity index (χ1n) is 13.4. The molecular weight excluding hydrogens is 484 g/mol. The number of morpholine rings is 1. The van der Waals surface area contributed by atoms with Crippen molar-refractivity contribution in [2.45, 2.75) is 26.2 Å². The van der Waals surface area contributed by atoms with Crippen LogP contribution >= 0.6 is 0 Å². The molecule has 11 heteroatoms. The van der Waals surface area contributed by atoms with Gasteiger partial charge in [0.2, 0.25) is 11.8 Å². The lowest BCUT2D eigenvalue weighted by atomic mass is 9.98. The second kappa shape index (κ2) is 10.3. The predicted octanol–water partition coefficient (Wildman–Crippen LogP) is 2.60. The fraction of sp³-hybridized carbons (Fsp3) is 0.519. The van der Waals surface area contributed by atoms with Crippen LogP contribution in [0.3, 0.4) is 0 Å². The van der Waals surface area contributed by atoms with Crippen LogP contribution in [0.1, 0.15) is 36.2 Å². The average molecular weight is 519 g/mol. The Morgan fingerprint density at radius 3 is 2.55 bits per heavy atom. The van der Waals surface area contributed by atoms with Crippen LogP contribution in [0.2, 0.25) is 0 Å². The van der Waals surface area contributed by atoms with E-state index >= 15 is 0 Å². The summed E-state index contributed by atoms with van der Waals surface area (Å²) in [5, 5.41) is 0. The number of nitrogens with zero attached hydrogens (tertiary/aromatic N) is 8. The van der Waals surface area contributed by atoms with E-state index in [9.17, 15) is 4.79 Å². The Labute approximate surface area is 221 Å². The number of anilines is 1. The molecule has 4 aromatic rings. The summed E-state index contributed by atoms with van der Waals surface area (Å²) < 4.78 is 14.8. The van der Waals surface area contributed by atoms with Gasteiger partial charge in [-0.3, -0.25) is 9.36 Å². The summed E-state index contributed by atoms with van der Waals surface area (Å²) in [5.74, 6) is 2.95. The van der Waals surface area contributed by atoms with Crippen LogP contribution < -0.4 is 4.90 Å². The Balaban J connectivity index is 1.46. The molecule has 0 unspecified atom stereocenters. The molecule has 2 aliphatic heterocycles. The molecule has 1 amide bonds. The van der Waals surface area contributed by atoms with Crippen molar-refractivity contribution in [2.24, 2.45) is 13.0 Å². The molecule has 11 nitrogen and oxygen atoms in total. The van der Waals surface area contributed by atoms with Gasteiger partial charge < -0.3 is 23.8 Å². The molecule has 1 aromatic carbocycles. The SMILES string of the molecule is CCc1nc2ccccc2n1-c1nc(N2CCOCC2)c2nc(C(=O)N3CCC(COC)CC3)n(C)c2n1. The number of aryl methyl sites for hydroxylation is 2. The zero-order valence-corrected chi connectivity index (χ0v) is 22.3. The molecule has 2 aliphatic rings. The van der Waals surface area contributed by atoms with E-state index in [0.29, 0.717) is 68.2 Å². The summed E-state index contributed by atoms with van der Waals surface area (Å²) in [7, 11) is 3.60. The van der Waals surface area contributed by atoms with Gasteiger partial charge in [0.15, 0.2) is 17.0 Å². The number of hydrogen-bond acceptors (Lipinski definition) is 8. The van der Waals surface area contributed by atoms with E-state index in [1.807, 2.05) is 45.3 Å². The number of para-hydroxylation sites is 2. The van der Waals surface area contributed by atoms with E-state index in [-0.39, 0.29) is 5.91 Å². The lowest BCUT2D eigenvalue weighted by Gasteiger charge is -2.31. The number of hydrogen-bond donors (Lipinski definition) is 0. The number of methoxy groups -OCH3 is 1. The van der Waals surface area contributed by atoms with Gasteiger partial charge >= 0.3 is 0 Å². The molecule has 0 saturated carbocycles. The Morgan fingerprint density at radius 2 is 1.82 bits per heavy atom. The topological polar surface area (TPSA) is 103 Å². The van der Waals surface area contributed by atoms with Crippen molar-refractivity contribution in [3.63, 3.8) is 0 Å². The van der Waals surface area contributed by atoms with E-state index in [1.165, 1.54) is 0 Å².